The molecule has 0 fully saturated rings. The average molecular weight is 354 g/mol. The Kier molecular flexibility index (Phi) is 2.48. The maximum atomic E-state index is 13.3. The minimum atomic E-state index is -3.10. The number of phenolic OH excluding ortho intramolecular Hbond substituents is 2. The SMILES string of the molecule is O=P1(c2ccccc2)c2c(O)c3c(c(O)c21)P3(=O)c1ccccc1. The van der Waals surface area contributed by atoms with Crippen LogP contribution in [-0.4, -0.2) is 10.2 Å². The predicted octanol–water partition coefficient (Wildman–Crippen LogP) is 1.00. The first kappa shape index (κ1) is 14.1. The molecule has 0 aromatic heterocycles. The summed E-state index contributed by atoms with van der Waals surface area (Å²) < 4.78 is 26.5. The van der Waals surface area contributed by atoms with Crippen molar-refractivity contribution < 1.29 is 19.3 Å². The maximum absolute atomic E-state index is 13.3. The third kappa shape index (κ3) is 1.42. The molecule has 24 heavy (non-hydrogen) atoms. The molecule has 5 rings (SSSR count). The van der Waals surface area contributed by atoms with Gasteiger partial charge in [-0.1, -0.05) is 60.7 Å². The zero-order valence-corrected chi connectivity index (χ0v) is 14.2. The summed E-state index contributed by atoms with van der Waals surface area (Å²) in [6, 6.07) is 17.6. The number of fused-ring (bicyclic) bond motifs is 2. The van der Waals surface area contributed by atoms with Gasteiger partial charge in [-0.15, -0.1) is 0 Å². The quantitative estimate of drug-likeness (QED) is 0.366. The summed E-state index contributed by atoms with van der Waals surface area (Å²) in [5.74, 6) is -0.339. The Morgan fingerprint density at radius 1 is 0.542 bits per heavy atom. The van der Waals surface area contributed by atoms with Gasteiger partial charge in [-0.2, -0.15) is 0 Å². The Labute approximate surface area is 138 Å². The fourth-order valence-electron chi connectivity index (χ4n) is 3.52. The second-order valence-corrected chi connectivity index (χ2v) is 11.2. The van der Waals surface area contributed by atoms with Gasteiger partial charge >= 0.3 is 0 Å². The molecule has 0 amide bonds. The van der Waals surface area contributed by atoms with Crippen molar-refractivity contribution in [2.75, 3.05) is 0 Å². The second-order valence-electron chi connectivity index (χ2n) is 5.98. The van der Waals surface area contributed by atoms with E-state index in [0.29, 0.717) is 10.6 Å². The normalized spacial score (nSPS) is 17.7. The van der Waals surface area contributed by atoms with Gasteiger partial charge in [-0.25, -0.2) is 0 Å². The van der Waals surface area contributed by atoms with E-state index in [9.17, 15) is 19.3 Å². The smallest absolute Gasteiger partial charge is 0.180 e. The highest BCUT2D eigenvalue weighted by atomic mass is 31.2. The van der Waals surface area contributed by atoms with Crippen LogP contribution in [0.4, 0.5) is 0 Å². The Bertz CT molecular complexity index is 989. The molecule has 0 saturated heterocycles. The third-order valence-corrected chi connectivity index (χ3v) is 10.6. The highest BCUT2D eigenvalue weighted by Crippen LogP contribution is 2.67. The lowest BCUT2D eigenvalue weighted by atomic mass is 10.3. The molecular formula is C18H12O4P2. The molecule has 0 radical (unpaired) electrons. The van der Waals surface area contributed by atoms with Gasteiger partial charge in [0.2, 0.25) is 0 Å². The van der Waals surface area contributed by atoms with Crippen molar-refractivity contribution in [3.63, 3.8) is 0 Å². The van der Waals surface area contributed by atoms with Gasteiger partial charge in [0.05, 0.1) is 21.2 Å². The van der Waals surface area contributed by atoms with Crippen LogP contribution in [0.25, 0.3) is 0 Å². The topological polar surface area (TPSA) is 74.6 Å². The molecule has 0 bridgehead atoms. The van der Waals surface area contributed by atoms with E-state index in [4.69, 9.17) is 0 Å². The Hall–Kier alpha value is -2.28. The molecule has 118 valence electrons. The Morgan fingerprint density at radius 3 is 1.12 bits per heavy atom. The summed E-state index contributed by atoms with van der Waals surface area (Å²) in [5.41, 5.74) is 0. The van der Waals surface area contributed by atoms with E-state index in [1.54, 1.807) is 48.5 Å². The van der Waals surface area contributed by atoms with Crippen LogP contribution in [0.3, 0.4) is 0 Å². The number of hydrogen-bond donors (Lipinski definition) is 2. The fourth-order valence-corrected chi connectivity index (χ4v) is 9.45. The van der Waals surface area contributed by atoms with Crippen LogP contribution in [0.1, 0.15) is 0 Å². The van der Waals surface area contributed by atoms with E-state index >= 15 is 0 Å². The molecule has 2 aliphatic heterocycles. The molecule has 0 spiro atoms. The van der Waals surface area contributed by atoms with Gasteiger partial charge in [0, 0.05) is 10.6 Å². The van der Waals surface area contributed by atoms with E-state index in [1.807, 2.05) is 12.1 Å². The lowest BCUT2D eigenvalue weighted by molar-refractivity contribution is 0.478. The highest BCUT2D eigenvalue weighted by molar-refractivity contribution is 7.99. The summed E-state index contributed by atoms with van der Waals surface area (Å²) in [4.78, 5) is 0. The van der Waals surface area contributed by atoms with Gasteiger partial charge in [0.1, 0.15) is 11.5 Å². The molecule has 2 N–H and O–H groups in total. The van der Waals surface area contributed by atoms with Crippen LogP contribution >= 0.6 is 14.3 Å². The number of hydrogen-bond acceptors (Lipinski definition) is 4. The van der Waals surface area contributed by atoms with E-state index in [0.717, 1.165) is 0 Å². The molecule has 4 nitrogen and oxygen atoms in total. The van der Waals surface area contributed by atoms with Crippen molar-refractivity contribution >= 4 is 46.1 Å². The Morgan fingerprint density at radius 2 is 0.833 bits per heavy atom. The lowest BCUT2D eigenvalue weighted by Gasteiger charge is -2.01. The highest BCUT2D eigenvalue weighted by Gasteiger charge is 2.64. The van der Waals surface area contributed by atoms with Crippen LogP contribution in [0.5, 0.6) is 11.5 Å². The van der Waals surface area contributed by atoms with E-state index in [1.165, 1.54) is 0 Å². The van der Waals surface area contributed by atoms with Crippen molar-refractivity contribution in [3.05, 3.63) is 60.7 Å². The van der Waals surface area contributed by atoms with Gasteiger partial charge < -0.3 is 19.3 Å². The zero-order valence-electron chi connectivity index (χ0n) is 12.4. The molecule has 0 aliphatic carbocycles. The van der Waals surface area contributed by atoms with Crippen molar-refractivity contribution in [3.8, 4) is 11.5 Å². The van der Waals surface area contributed by atoms with E-state index in [2.05, 4.69) is 0 Å². The van der Waals surface area contributed by atoms with E-state index < -0.39 is 14.3 Å². The monoisotopic (exact) mass is 354 g/mol. The van der Waals surface area contributed by atoms with Crippen molar-refractivity contribution in [1.82, 2.24) is 0 Å². The second kappa shape index (κ2) is 4.22. The number of aromatic hydroxyl groups is 2. The molecule has 6 heteroatoms. The first-order valence-electron chi connectivity index (χ1n) is 7.48. The number of rotatable bonds is 2. The summed E-state index contributed by atoms with van der Waals surface area (Å²) in [6.45, 7) is 0. The van der Waals surface area contributed by atoms with Crippen molar-refractivity contribution in [1.29, 1.82) is 0 Å². The van der Waals surface area contributed by atoms with Crippen molar-refractivity contribution in [2.45, 2.75) is 0 Å². The maximum Gasteiger partial charge on any atom is 0.180 e. The van der Waals surface area contributed by atoms with Crippen molar-refractivity contribution in [2.24, 2.45) is 0 Å². The average Bonchev–Trinajstić information content (AvgIpc) is 3.47. The molecule has 3 aromatic carbocycles. The summed E-state index contributed by atoms with van der Waals surface area (Å²) in [5, 5.41) is 23.3. The number of phenols is 2. The minimum absolute atomic E-state index is 0.169. The third-order valence-electron chi connectivity index (χ3n) is 4.74. The fraction of sp³-hybridized carbons (Fsp3) is 0. The molecule has 0 atom stereocenters. The largest absolute Gasteiger partial charge is 0.506 e. The molecule has 0 unspecified atom stereocenters. The van der Waals surface area contributed by atoms with Crippen LogP contribution in [-0.2, 0) is 9.13 Å². The van der Waals surface area contributed by atoms with E-state index in [-0.39, 0.29) is 32.7 Å². The molecule has 2 aliphatic rings. The molecular weight excluding hydrogens is 342 g/mol. The summed E-state index contributed by atoms with van der Waals surface area (Å²) in [7, 11) is -6.19. The first-order chi connectivity index (χ1) is 11.5. The summed E-state index contributed by atoms with van der Waals surface area (Å²) in [6.07, 6.45) is 0. The zero-order chi connectivity index (χ0) is 16.7. The summed E-state index contributed by atoms with van der Waals surface area (Å²) >= 11 is 0. The lowest BCUT2D eigenvalue weighted by Crippen LogP contribution is -2.03. The van der Waals surface area contributed by atoms with Gasteiger partial charge in [-0.05, 0) is 0 Å². The van der Waals surface area contributed by atoms with Gasteiger partial charge in [-0.3, -0.25) is 0 Å². The molecule has 3 aromatic rings. The predicted molar refractivity (Wildman–Crippen MR) is 95.7 cm³/mol. The minimum Gasteiger partial charge on any atom is -0.506 e. The van der Waals surface area contributed by atoms with Gasteiger partial charge in [0.15, 0.2) is 14.3 Å². The van der Waals surface area contributed by atoms with Crippen LogP contribution in [0.2, 0.25) is 0 Å². The van der Waals surface area contributed by atoms with Crippen LogP contribution in [0.15, 0.2) is 60.7 Å². The Balaban J connectivity index is 1.72. The number of benzene rings is 3. The van der Waals surface area contributed by atoms with Crippen LogP contribution < -0.4 is 31.8 Å². The van der Waals surface area contributed by atoms with Crippen LogP contribution in [0, 0.1) is 0 Å². The standard InChI is InChI=1S/C18H12O4P2/c19-13-15-16(23(15,21)11-7-3-1-4-8-11)14(20)18-17(13)24(18,22)12-9-5-2-6-10-12/h1-10,19-20H. The first-order valence-corrected chi connectivity index (χ1v) is 10.9. The molecule has 0 saturated carbocycles. The van der Waals surface area contributed by atoms with Gasteiger partial charge in [0.25, 0.3) is 0 Å². The molecule has 2 heterocycles.